The predicted octanol–water partition coefficient (Wildman–Crippen LogP) is 0.477. The first-order chi connectivity index (χ1) is 11.2. The van der Waals surface area contributed by atoms with Crippen LogP contribution in [0.25, 0.3) is 5.65 Å². The molecule has 0 saturated carbocycles. The minimum Gasteiger partial charge on any atom is -0.352 e. The predicted molar refractivity (Wildman–Crippen MR) is 87.6 cm³/mol. The van der Waals surface area contributed by atoms with Crippen LogP contribution < -0.4 is 16.3 Å². The number of nitrogens with two attached hydrogens (primary N) is 1. The zero-order valence-electron chi connectivity index (χ0n) is 12.7. The molecule has 0 amide bonds. The van der Waals surface area contributed by atoms with Crippen LogP contribution in [0.15, 0.2) is 47.5 Å². The van der Waals surface area contributed by atoms with Gasteiger partial charge in [0.05, 0.1) is 6.54 Å². The van der Waals surface area contributed by atoms with E-state index in [9.17, 15) is 4.79 Å². The van der Waals surface area contributed by atoms with Gasteiger partial charge < -0.3 is 10.6 Å². The SMILES string of the molecule is NC1CCN(c2nccn3c(=O)n(Cc4ccccc4)nc23)C1. The van der Waals surface area contributed by atoms with Gasteiger partial charge in [-0.1, -0.05) is 30.3 Å². The molecule has 1 aromatic carbocycles. The molecular weight excluding hydrogens is 292 g/mol. The van der Waals surface area contributed by atoms with E-state index in [1.165, 1.54) is 4.68 Å². The van der Waals surface area contributed by atoms with Crippen molar-refractivity contribution in [3.05, 3.63) is 58.8 Å². The van der Waals surface area contributed by atoms with Crippen molar-refractivity contribution in [1.29, 1.82) is 0 Å². The third-order valence-corrected chi connectivity index (χ3v) is 4.18. The van der Waals surface area contributed by atoms with Crippen LogP contribution in [-0.2, 0) is 6.54 Å². The highest BCUT2D eigenvalue weighted by Gasteiger charge is 2.24. The summed E-state index contributed by atoms with van der Waals surface area (Å²) in [6.45, 7) is 2.03. The number of aromatic nitrogens is 4. The Morgan fingerprint density at radius 3 is 2.83 bits per heavy atom. The summed E-state index contributed by atoms with van der Waals surface area (Å²) in [5, 5.41) is 4.50. The van der Waals surface area contributed by atoms with E-state index in [1.807, 2.05) is 30.3 Å². The van der Waals surface area contributed by atoms with Gasteiger partial charge in [0.2, 0.25) is 5.65 Å². The number of rotatable bonds is 3. The normalized spacial score (nSPS) is 18.0. The molecule has 3 aromatic rings. The summed E-state index contributed by atoms with van der Waals surface area (Å²) in [5.41, 5.74) is 7.45. The van der Waals surface area contributed by atoms with Crippen LogP contribution in [0.1, 0.15) is 12.0 Å². The van der Waals surface area contributed by atoms with Crippen molar-refractivity contribution in [3.63, 3.8) is 0 Å². The van der Waals surface area contributed by atoms with Gasteiger partial charge in [0.25, 0.3) is 0 Å². The molecule has 2 aromatic heterocycles. The quantitative estimate of drug-likeness (QED) is 0.761. The van der Waals surface area contributed by atoms with Crippen molar-refractivity contribution in [2.45, 2.75) is 19.0 Å². The highest BCUT2D eigenvalue weighted by molar-refractivity contribution is 5.63. The second-order valence-corrected chi connectivity index (χ2v) is 5.87. The van der Waals surface area contributed by atoms with Crippen LogP contribution in [-0.4, -0.2) is 38.3 Å². The standard InChI is InChI=1S/C16H18N6O/c17-13-6-8-20(11-13)14-15-19-22(10-12-4-2-1-3-5-12)16(23)21(15)9-7-18-14/h1-5,7,9,13H,6,8,10-11,17H2. The van der Waals surface area contributed by atoms with Crippen LogP contribution in [0.5, 0.6) is 0 Å². The molecule has 7 heteroatoms. The van der Waals surface area contributed by atoms with Gasteiger partial charge in [-0.15, -0.1) is 5.10 Å². The maximum atomic E-state index is 12.6. The summed E-state index contributed by atoms with van der Waals surface area (Å²) in [6, 6.07) is 9.97. The fourth-order valence-corrected chi connectivity index (χ4v) is 3.00. The molecule has 0 bridgehead atoms. The lowest BCUT2D eigenvalue weighted by molar-refractivity contribution is 0.658. The summed E-state index contributed by atoms with van der Waals surface area (Å²) in [5.74, 6) is 0.726. The number of hydrogen-bond acceptors (Lipinski definition) is 5. The molecule has 0 radical (unpaired) electrons. The van der Waals surface area contributed by atoms with Gasteiger partial charge >= 0.3 is 5.69 Å². The van der Waals surface area contributed by atoms with Crippen LogP contribution >= 0.6 is 0 Å². The monoisotopic (exact) mass is 310 g/mol. The van der Waals surface area contributed by atoms with E-state index in [0.29, 0.717) is 12.2 Å². The van der Waals surface area contributed by atoms with Crippen molar-refractivity contribution >= 4 is 11.5 Å². The summed E-state index contributed by atoms with van der Waals surface area (Å²) in [7, 11) is 0. The molecule has 7 nitrogen and oxygen atoms in total. The van der Waals surface area contributed by atoms with Crippen LogP contribution in [0.4, 0.5) is 5.82 Å². The fourth-order valence-electron chi connectivity index (χ4n) is 3.00. The van der Waals surface area contributed by atoms with Gasteiger partial charge in [-0.05, 0) is 12.0 Å². The molecule has 3 heterocycles. The summed E-state index contributed by atoms with van der Waals surface area (Å²) >= 11 is 0. The number of nitrogens with zero attached hydrogens (tertiary/aromatic N) is 5. The molecule has 1 saturated heterocycles. The van der Waals surface area contributed by atoms with Crippen LogP contribution in [0.3, 0.4) is 0 Å². The number of hydrogen-bond donors (Lipinski definition) is 1. The Hall–Kier alpha value is -2.67. The minimum atomic E-state index is -0.156. The van der Waals surface area contributed by atoms with Crippen molar-refractivity contribution < 1.29 is 0 Å². The molecular formula is C16H18N6O. The lowest BCUT2D eigenvalue weighted by Crippen LogP contribution is -2.27. The van der Waals surface area contributed by atoms with Crippen molar-refractivity contribution in [2.75, 3.05) is 18.0 Å². The Morgan fingerprint density at radius 2 is 2.09 bits per heavy atom. The third-order valence-electron chi connectivity index (χ3n) is 4.18. The summed E-state index contributed by atoms with van der Waals surface area (Å²) in [4.78, 5) is 19.1. The molecule has 2 N–H and O–H groups in total. The zero-order chi connectivity index (χ0) is 15.8. The molecule has 1 atom stereocenters. The zero-order valence-corrected chi connectivity index (χ0v) is 12.7. The van der Waals surface area contributed by atoms with E-state index < -0.39 is 0 Å². The molecule has 4 rings (SSSR count). The topological polar surface area (TPSA) is 81.5 Å². The molecule has 1 aliphatic heterocycles. The first kappa shape index (κ1) is 14.0. The number of fused-ring (bicyclic) bond motifs is 1. The van der Waals surface area contributed by atoms with Gasteiger partial charge in [0.1, 0.15) is 0 Å². The minimum absolute atomic E-state index is 0.148. The Labute approximate surface area is 133 Å². The van der Waals surface area contributed by atoms with E-state index in [2.05, 4.69) is 15.0 Å². The van der Waals surface area contributed by atoms with Gasteiger partial charge in [-0.2, -0.15) is 0 Å². The second-order valence-electron chi connectivity index (χ2n) is 5.87. The van der Waals surface area contributed by atoms with E-state index in [0.717, 1.165) is 30.9 Å². The summed E-state index contributed by atoms with van der Waals surface area (Å²) < 4.78 is 3.03. The van der Waals surface area contributed by atoms with E-state index >= 15 is 0 Å². The molecule has 23 heavy (non-hydrogen) atoms. The Bertz CT molecular complexity index is 884. The van der Waals surface area contributed by atoms with E-state index in [1.54, 1.807) is 16.8 Å². The number of anilines is 1. The maximum Gasteiger partial charge on any atom is 0.350 e. The molecule has 1 aliphatic rings. The average Bonchev–Trinajstić information content (AvgIpc) is 3.13. The Balaban J connectivity index is 1.76. The van der Waals surface area contributed by atoms with Crippen molar-refractivity contribution in [1.82, 2.24) is 19.2 Å². The first-order valence-corrected chi connectivity index (χ1v) is 7.71. The van der Waals surface area contributed by atoms with Gasteiger partial charge in [0, 0.05) is 31.5 Å². The van der Waals surface area contributed by atoms with Crippen molar-refractivity contribution in [3.8, 4) is 0 Å². The fraction of sp³-hybridized carbons (Fsp3) is 0.312. The molecule has 0 spiro atoms. The Morgan fingerprint density at radius 1 is 1.26 bits per heavy atom. The molecule has 118 valence electrons. The van der Waals surface area contributed by atoms with E-state index in [4.69, 9.17) is 5.73 Å². The highest BCUT2D eigenvalue weighted by Crippen LogP contribution is 2.20. The van der Waals surface area contributed by atoms with Crippen LogP contribution in [0, 0.1) is 0 Å². The van der Waals surface area contributed by atoms with Gasteiger partial charge in [-0.3, -0.25) is 0 Å². The van der Waals surface area contributed by atoms with Crippen LogP contribution in [0.2, 0.25) is 0 Å². The molecule has 1 fully saturated rings. The van der Waals surface area contributed by atoms with Gasteiger partial charge in [-0.25, -0.2) is 18.9 Å². The summed E-state index contributed by atoms with van der Waals surface area (Å²) in [6.07, 6.45) is 4.23. The second kappa shape index (κ2) is 5.51. The maximum absolute atomic E-state index is 12.6. The molecule has 0 aliphatic carbocycles. The smallest absolute Gasteiger partial charge is 0.350 e. The Kier molecular flexibility index (Phi) is 3.34. The number of benzene rings is 1. The largest absolute Gasteiger partial charge is 0.352 e. The molecule has 1 unspecified atom stereocenters. The first-order valence-electron chi connectivity index (χ1n) is 7.71. The van der Waals surface area contributed by atoms with Crippen molar-refractivity contribution in [2.24, 2.45) is 5.73 Å². The lowest BCUT2D eigenvalue weighted by atomic mass is 10.2. The third kappa shape index (κ3) is 2.49. The van der Waals surface area contributed by atoms with E-state index in [-0.39, 0.29) is 11.7 Å². The lowest BCUT2D eigenvalue weighted by Gasteiger charge is -2.16. The average molecular weight is 310 g/mol. The van der Waals surface area contributed by atoms with Gasteiger partial charge in [0.15, 0.2) is 5.82 Å². The highest BCUT2D eigenvalue weighted by atomic mass is 16.2.